The van der Waals surface area contributed by atoms with Gasteiger partial charge in [0.05, 0.1) is 11.6 Å². The zero-order valence-corrected chi connectivity index (χ0v) is 13.2. The summed E-state index contributed by atoms with van der Waals surface area (Å²) < 4.78 is 7.66. The van der Waals surface area contributed by atoms with E-state index in [1.807, 2.05) is 38.3 Å². The van der Waals surface area contributed by atoms with Gasteiger partial charge in [0.2, 0.25) is 5.89 Å². The Bertz CT molecular complexity index is 790. The van der Waals surface area contributed by atoms with E-state index in [2.05, 4.69) is 15.0 Å². The van der Waals surface area contributed by atoms with E-state index >= 15 is 0 Å². The lowest BCUT2D eigenvalue weighted by Gasteiger charge is -2.15. The van der Waals surface area contributed by atoms with Crippen molar-refractivity contribution in [2.24, 2.45) is 0 Å². The molecule has 0 saturated carbocycles. The lowest BCUT2D eigenvalue weighted by atomic mass is 10.2. The van der Waals surface area contributed by atoms with Gasteiger partial charge in [-0.15, -0.1) is 11.6 Å². The molecule has 5 nitrogen and oxygen atoms in total. The molecule has 0 saturated heterocycles. The van der Waals surface area contributed by atoms with Crippen LogP contribution in [0.4, 0.5) is 0 Å². The second kappa shape index (κ2) is 5.15. The third-order valence-electron chi connectivity index (χ3n) is 3.55. The van der Waals surface area contributed by atoms with E-state index in [0.29, 0.717) is 5.89 Å². The maximum absolute atomic E-state index is 6.31. The van der Waals surface area contributed by atoms with Crippen LogP contribution in [0.3, 0.4) is 0 Å². The van der Waals surface area contributed by atoms with Gasteiger partial charge in [-0.25, -0.2) is 15.0 Å². The predicted molar refractivity (Wildman–Crippen MR) is 81.6 cm³/mol. The van der Waals surface area contributed by atoms with Gasteiger partial charge in [0, 0.05) is 6.20 Å². The number of aryl methyl sites for hydroxylation is 2. The fourth-order valence-corrected chi connectivity index (χ4v) is 2.62. The zero-order valence-electron chi connectivity index (χ0n) is 12.5. The molecule has 0 amide bonds. The molecule has 0 N–H and O–H groups in total. The Kier molecular flexibility index (Phi) is 3.45. The van der Waals surface area contributed by atoms with Gasteiger partial charge in [-0.3, -0.25) is 4.57 Å². The van der Waals surface area contributed by atoms with Gasteiger partial charge in [-0.1, -0.05) is 0 Å². The average Bonchev–Trinajstić information content (AvgIpc) is 3.02. The number of imidazole rings is 1. The quantitative estimate of drug-likeness (QED) is 0.688. The number of halogens is 1. The first-order chi connectivity index (χ1) is 9.99. The average molecular weight is 305 g/mol. The second-order valence-corrected chi connectivity index (χ2v) is 5.90. The van der Waals surface area contributed by atoms with Crippen LogP contribution in [0, 0.1) is 13.8 Å². The highest BCUT2D eigenvalue weighted by Gasteiger charge is 2.24. The van der Waals surface area contributed by atoms with Gasteiger partial charge in [-0.05, 0) is 39.3 Å². The standard InChI is InChI=1S/C15H17ClN4O/c1-8-5-6-17-14-12(8)19-13(10(3)16)20(14)11(4)15-18-7-9(2)21-15/h5-7,10-11H,1-4H3. The van der Waals surface area contributed by atoms with Gasteiger partial charge in [-0.2, -0.15) is 0 Å². The Morgan fingerprint density at radius 2 is 2.00 bits per heavy atom. The number of hydrogen-bond acceptors (Lipinski definition) is 4. The van der Waals surface area contributed by atoms with Crippen LogP contribution >= 0.6 is 11.6 Å². The Morgan fingerprint density at radius 1 is 1.24 bits per heavy atom. The first-order valence-corrected chi connectivity index (χ1v) is 7.32. The minimum absolute atomic E-state index is 0.116. The number of alkyl halides is 1. The van der Waals surface area contributed by atoms with Crippen molar-refractivity contribution in [2.45, 2.75) is 39.1 Å². The number of nitrogens with zero attached hydrogens (tertiary/aromatic N) is 4. The molecule has 6 heteroatoms. The molecule has 0 radical (unpaired) electrons. The topological polar surface area (TPSA) is 56.7 Å². The summed E-state index contributed by atoms with van der Waals surface area (Å²) in [6.45, 7) is 7.81. The van der Waals surface area contributed by atoms with Crippen molar-refractivity contribution in [1.82, 2.24) is 19.5 Å². The van der Waals surface area contributed by atoms with Gasteiger partial charge < -0.3 is 4.42 Å². The lowest BCUT2D eigenvalue weighted by Crippen LogP contribution is -2.12. The highest BCUT2D eigenvalue weighted by molar-refractivity contribution is 6.20. The summed E-state index contributed by atoms with van der Waals surface area (Å²) in [7, 11) is 0. The summed E-state index contributed by atoms with van der Waals surface area (Å²) in [5, 5.41) is -0.225. The molecule has 2 unspecified atom stereocenters. The molecule has 2 atom stereocenters. The molecule has 0 spiro atoms. The van der Waals surface area contributed by atoms with Crippen molar-refractivity contribution in [2.75, 3.05) is 0 Å². The van der Waals surface area contributed by atoms with Crippen molar-refractivity contribution in [3.63, 3.8) is 0 Å². The van der Waals surface area contributed by atoms with Crippen LogP contribution in [0.15, 0.2) is 22.9 Å². The van der Waals surface area contributed by atoms with Gasteiger partial charge in [0.25, 0.3) is 0 Å². The van der Waals surface area contributed by atoms with Crippen LogP contribution < -0.4 is 0 Å². The molecule has 0 aromatic carbocycles. The van der Waals surface area contributed by atoms with Crippen molar-refractivity contribution in [3.05, 3.63) is 41.5 Å². The van der Waals surface area contributed by atoms with Crippen molar-refractivity contribution >= 4 is 22.8 Å². The Hall–Kier alpha value is -1.88. The second-order valence-electron chi connectivity index (χ2n) is 5.24. The molecule has 0 fully saturated rings. The zero-order chi connectivity index (χ0) is 15.1. The fraction of sp³-hybridized carbons (Fsp3) is 0.400. The van der Waals surface area contributed by atoms with Crippen LogP contribution in [0.25, 0.3) is 11.2 Å². The molecule has 21 heavy (non-hydrogen) atoms. The Morgan fingerprint density at radius 3 is 2.62 bits per heavy atom. The third kappa shape index (κ3) is 2.31. The summed E-state index contributed by atoms with van der Waals surface area (Å²) in [4.78, 5) is 13.5. The Labute approximate surface area is 128 Å². The molecule has 3 aromatic heterocycles. The summed E-state index contributed by atoms with van der Waals surface area (Å²) in [6, 6.07) is 1.83. The van der Waals surface area contributed by atoms with Crippen molar-refractivity contribution < 1.29 is 4.42 Å². The maximum Gasteiger partial charge on any atom is 0.217 e. The first kappa shape index (κ1) is 14.1. The molecule has 3 heterocycles. The highest BCUT2D eigenvalue weighted by Crippen LogP contribution is 2.30. The van der Waals surface area contributed by atoms with Gasteiger partial charge in [0.1, 0.15) is 23.1 Å². The molecule has 0 bridgehead atoms. The maximum atomic E-state index is 6.31. The number of oxazole rings is 1. The van der Waals surface area contributed by atoms with E-state index in [1.165, 1.54) is 0 Å². The molecule has 110 valence electrons. The largest absolute Gasteiger partial charge is 0.444 e. The number of pyridine rings is 1. The van der Waals surface area contributed by atoms with E-state index in [0.717, 1.165) is 28.3 Å². The van der Waals surface area contributed by atoms with E-state index in [-0.39, 0.29) is 11.4 Å². The van der Waals surface area contributed by atoms with Crippen molar-refractivity contribution in [1.29, 1.82) is 0 Å². The summed E-state index contributed by atoms with van der Waals surface area (Å²) in [5.74, 6) is 2.19. The minimum atomic E-state index is -0.225. The van der Waals surface area contributed by atoms with Crippen LogP contribution in [0.5, 0.6) is 0 Å². The third-order valence-corrected chi connectivity index (χ3v) is 3.74. The summed E-state index contributed by atoms with van der Waals surface area (Å²) in [5.41, 5.74) is 2.75. The summed E-state index contributed by atoms with van der Waals surface area (Å²) in [6.07, 6.45) is 3.50. The lowest BCUT2D eigenvalue weighted by molar-refractivity contribution is 0.413. The summed E-state index contributed by atoms with van der Waals surface area (Å²) >= 11 is 6.31. The normalized spacial score (nSPS) is 14.5. The fourth-order valence-electron chi connectivity index (χ4n) is 2.47. The molecule has 0 aliphatic carbocycles. The minimum Gasteiger partial charge on any atom is -0.444 e. The Balaban J connectivity index is 2.24. The molecule has 3 aromatic rings. The van der Waals surface area contributed by atoms with E-state index < -0.39 is 0 Å². The van der Waals surface area contributed by atoms with Crippen LogP contribution in [0.1, 0.15) is 48.3 Å². The first-order valence-electron chi connectivity index (χ1n) is 6.89. The van der Waals surface area contributed by atoms with E-state index in [4.69, 9.17) is 16.0 Å². The van der Waals surface area contributed by atoms with E-state index in [9.17, 15) is 0 Å². The molecule has 0 aliphatic rings. The highest BCUT2D eigenvalue weighted by atomic mass is 35.5. The number of hydrogen-bond donors (Lipinski definition) is 0. The molecule has 0 aliphatic heterocycles. The van der Waals surface area contributed by atoms with Crippen LogP contribution in [-0.2, 0) is 0 Å². The molecular weight excluding hydrogens is 288 g/mol. The number of aromatic nitrogens is 4. The monoisotopic (exact) mass is 304 g/mol. The van der Waals surface area contributed by atoms with Gasteiger partial charge >= 0.3 is 0 Å². The number of fused-ring (bicyclic) bond motifs is 1. The van der Waals surface area contributed by atoms with Gasteiger partial charge in [0.15, 0.2) is 5.65 Å². The number of rotatable bonds is 3. The molecular formula is C15H17ClN4O. The molecule has 3 rings (SSSR count). The van der Waals surface area contributed by atoms with Crippen LogP contribution in [-0.4, -0.2) is 19.5 Å². The SMILES string of the molecule is Cc1cnc(C(C)n2c(C(C)Cl)nc3c(C)ccnc32)o1. The van der Waals surface area contributed by atoms with Crippen molar-refractivity contribution in [3.8, 4) is 0 Å². The van der Waals surface area contributed by atoms with Crippen LogP contribution in [0.2, 0.25) is 0 Å². The predicted octanol–water partition coefficient (Wildman–Crippen LogP) is 3.95. The smallest absolute Gasteiger partial charge is 0.217 e. The van der Waals surface area contributed by atoms with E-state index in [1.54, 1.807) is 12.4 Å².